The summed E-state index contributed by atoms with van der Waals surface area (Å²) in [7, 11) is 4.14. The molecule has 0 bridgehead atoms. The zero-order chi connectivity index (χ0) is 30.7. The van der Waals surface area contributed by atoms with Gasteiger partial charge in [0.1, 0.15) is 28.6 Å². The van der Waals surface area contributed by atoms with Crippen LogP contribution >= 0.6 is 0 Å². The molecule has 5 rings (SSSR count). The van der Waals surface area contributed by atoms with E-state index in [9.17, 15) is 13.6 Å². The fourth-order valence-corrected chi connectivity index (χ4v) is 4.58. The maximum absolute atomic E-state index is 14.4. The van der Waals surface area contributed by atoms with E-state index in [1.54, 1.807) is 36.4 Å². The van der Waals surface area contributed by atoms with Gasteiger partial charge in [-0.1, -0.05) is 18.2 Å². The van der Waals surface area contributed by atoms with Crippen LogP contribution in [-0.2, 0) is 22.5 Å². The molecule has 0 unspecified atom stereocenters. The van der Waals surface area contributed by atoms with Crippen molar-refractivity contribution in [3.63, 3.8) is 0 Å². The van der Waals surface area contributed by atoms with Gasteiger partial charge in [0.25, 0.3) is 5.95 Å². The highest BCUT2D eigenvalue weighted by Crippen LogP contribution is 2.34. The van der Waals surface area contributed by atoms with E-state index in [0.29, 0.717) is 33.8 Å². The molecule has 0 radical (unpaired) electrons. The number of halogens is 2. The number of carbonyl (C=O) groups is 1. The summed E-state index contributed by atoms with van der Waals surface area (Å²) in [5.41, 5.74) is 17.8. The smallest absolute Gasteiger partial charge is 0.414 e. The molecule has 2 aromatic carbocycles. The van der Waals surface area contributed by atoms with Gasteiger partial charge in [0.15, 0.2) is 11.6 Å². The number of fused-ring (bicyclic) bond motifs is 1. The molecule has 3 heterocycles. The Morgan fingerprint density at radius 3 is 2.44 bits per heavy atom. The number of rotatable bonds is 9. The molecule has 5 aromatic rings. The molecular formula is C28H27F2N9O4. The average molecular weight is 592 g/mol. The number of amides is 1. The van der Waals surface area contributed by atoms with Gasteiger partial charge < -0.3 is 20.9 Å². The Bertz CT molecular complexity index is 1790. The van der Waals surface area contributed by atoms with Crippen molar-refractivity contribution >= 4 is 40.1 Å². The van der Waals surface area contributed by atoms with Gasteiger partial charge in [0.2, 0.25) is 0 Å². The van der Waals surface area contributed by atoms with Gasteiger partial charge in [0, 0.05) is 18.1 Å². The molecule has 0 aliphatic heterocycles. The summed E-state index contributed by atoms with van der Waals surface area (Å²) in [4.78, 5) is 31.9. The van der Waals surface area contributed by atoms with Gasteiger partial charge in [-0.25, -0.2) is 18.6 Å². The predicted octanol–water partition coefficient (Wildman–Crippen LogP) is 4.00. The molecule has 0 aliphatic carbocycles. The van der Waals surface area contributed by atoms with E-state index >= 15 is 0 Å². The molecule has 0 saturated heterocycles. The fraction of sp³-hybridized carbons (Fsp3) is 0.179. The van der Waals surface area contributed by atoms with E-state index < -0.39 is 17.7 Å². The van der Waals surface area contributed by atoms with Crippen LogP contribution in [0.25, 0.3) is 17.0 Å². The van der Waals surface area contributed by atoms with E-state index in [1.807, 2.05) is 0 Å². The highest BCUT2D eigenvalue weighted by molar-refractivity contribution is 5.95. The molecule has 222 valence electrons. The molecule has 43 heavy (non-hydrogen) atoms. The first-order chi connectivity index (χ1) is 20.7. The maximum atomic E-state index is 14.4. The number of benzene rings is 2. The number of carbonyl (C=O) groups excluding carboxylic acids is 1. The summed E-state index contributed by atoms with van der Waals surface area (Å²) in [6, 6.07) is 12.5. The molecule has 0 fully saturated rings. The molecule has 0 aliphatic rings. The summed E-state index contributed by atoms with van der Waals surface area (Å²) in [6.45, 7) is -0.0984. The first kappa shape index (κ1) is 28.9. The molecule has 13 nitrogen and oxygen atoms in total. The second kappa shape index (κ2) is 12.1. The van der Waals surface area contributed by atoms with E-state index in [4.69, 9.17) is 25.8 Å². The largest absolute Gasteiger partial charge is 0.496 e. The number of nitrogens with one attached hydrogen (secondary N) is 1. The van der Waals surface area contributed by atoms with E-state index in [0.717, 1.165) is 11.1 Å². The van der Waals surface area contributed by atoms with Gasteiger partial charge in [-0.05, 0) is 29.8 Å². The monoisotopic (exact) mass is 591 g/mol. The number of methoxy groups -OCH3 is 2. The second-order valence-electron chi connectivity index (χ2n) is 9.18. The third-order valence-electron chi connectivity index (χ3n) is 6.48. The molecule has 3 aromatic heterocycles. The number of nitrogens with two attached hydrogens (primary N) is 2. The van der Waals surface area contributed by atoms with Crippen LogP contribution < -0.4 is 26.6 Å². The minimum Gasteiger partial charge on any atom is -0.496 e. The van der Waals surface area contributed by atoms with Crippen LogP contribution in [0.1, 0.15) is 16.8 Å². The van der Waals surface area contributed by atoms with Crippen molar-refractivity contribution in [2.45, 2.75) is 13.0 Å². The standard InChI is InChI=1S/C28H27F2N9O4/c1-41-22-9-8-18(37-43-3)10-16(22)14-38(28(40)42-2)24-25(31)34-27(35-26(24)32)39-21-12-17(29)13-33-23(21)20(36-39)11-15-6-4-5-7-19(15)30/h4-10,12-13,37H,11,14H2,1-3H3,(H4,31,32,34,35). The Balaban J connectivity index is 1.59. The number of anilines is 4. The number of hydrogen-bond donors (Lipinski definition) is 3. The molecular weight excluding hydrogens is 564 g/mol. The second-order valence-corrected chi connectivity index (χ2v) is 9.18. The number of hydrogen-bond acceptors (Lipinski definition) is 11. The van der Waals surface area contributed by atoms with E-state index in [-0.39, 0.29) is 41.8 Å². The first-order valence-corrected chi connectivity index (χ1v) is 12.7. The van der Waals surface area contributed by atoms with Crippen molar-refractivity contribution in [1.29, 1.82) is 0 Å². The summed E-state index contributed by atoms with van der Waals surface area (Å²) in [5, 5.41) is 4.51. The van der Waals surface area contributed by atoms with Crippen LogP contribution in [0.5, 0.6) is 5.75 Å². The van der Waals surface area contributed by atoms with E-state index in [2.05, 4.69) is 25.5 Å². The fourth-order valence-electron chi connectivity index (χ4n) is 4.58. The van der Waals surface area contributed by atoms with Gasteiger partial charge >= 0.3 is 6.09 Å². The van der Waals surface area contributed by atoms with Gasteiger partial charge in [-0.15, -0.1) is 0 Å². The Morgan fingerprint density at radius 2 is 1.77 bits per heavy atom. The molecule has 0 saturated carbocycles. The minimum absolute atomic E-state index is 0.0323. The Labute approximate surface area is 244 Å². The van der Waals surface area contributed by atoms with Crippen molar-refractivity contribution < 1.29 is 27.9 Å². The number of pyridine rings is 1. The lowest BCUT2D eigenvalue weighted by atomic mass is 10.1. The van der Waals surface area contributed by atoms with Crippen molar-refractivity contribution in [2.75, 3.05) is 43.2 Å². The quantitative estimate of drug-likeness (QED) is 0.212. The maximum Gasteiger partial charge on any atom is 0.414 e. The van der Waals surface area contributed by atoms with E-state index in [1.165, 1.54) is 38.1 Å². The highest BCUT2D eigenvalue weighted by Gasteiger charge is 2.27. The SMILES string of the molecule is CONc1ccc(OC)c(CN(C(=O)OC)c2c(N)nc(-n3nc(Cc4ccccc4F)c4ncc(F)cc43)nc2N)c1. The molecule has 0 atom stereocenters. The molecule has 0 spiro atoms. The third-order valence-corrected chi connectivity index (χ3v) is 6.48. The van der Waals surface area contributed by atoms with Crippen molar-refractivity contribution in [3.8, 4) is 11.7 Å². The minimum atomic E-state index is -0.801. The Morgan fingerprint density at radius 1 is 1.02 bits per heavy atom. The topological polar surface area (TPSA) is 169 Å². The molecule has 5 N–H and O–H groups in total. The zero-order valence-corrected chi connectivity index (χ0v) is 23.3. The third kappa shape index (κ3) is 5.78. The Hall–Kier alpha value is -5.57. The molecule has 1 amide bonds. The van der Waals surface area contributed by atoms with Gasteiger partial charge in [-0.3, -0.25) is 15.2 Å². The summed E-state index contributed by atoms with van der Waals surface area (Å²) >= 11 is 0. The molecule has 15 heteroatoms. The lowest BCUT2D eigenvalue weighted by Gasteiger charge is -2.24. The first-order valence-electron chi connectivity index (χ1n) is 12.7. The average Bonchev–Trinajstić information content (AvgIpc) is 3.34. The summed E-state index contributed by atoms with van der Waals surface area (Å²) < 4.78 is 40.4. The summed E-state index contributed by atoms with van der Waals surface area (Å²) in [5.74, 6) is -1.11. The lowest BCUT2D eigenvalue weighted by molar-refractivity contribution is 0.178. The zero-order valence-electron chi connectivity index (χ0n) is 23.3. The summed E-state index contributed by atoms with van der Waals surface area (Å²) in [6.07, 6.45) is 0.295. The number of aromatic nitrogens is 5. The van der Waals surface area contributed by atoms with Crippen LogP contribution in [0.15, 0.2) is 54.7 Å². The van der Waals surface area contributed by atoms with Crippen LogP contribution in [-0.4, -0.2) is 52.2 Å². The van der Waals surface area contributed by atoms with Crippen molar-refractivity contribution in [3.05, 3.63) is 83.2 Å². The van der Waals surface area contributed by atoms with Crippen LogP contribution in [0.2, 0.25) is 0 Å². The van der Waals surface area contributed by atoms with Crippen LogP contribution in [0.4, 0.5) is 36.6 Å². The van der Waals surface area contributed by atoms with Crippen molar-refractivity contribution in [2.24, 2.45) is 0 Å². The van der Waals surface area contributed by atoms with Crippen LogP contribution in [0, 0.1) is 11.6 Å². The number of nitrogen functional groups attached to an aromatic ring is 2. The predicted molar refractivity (Wildman–Crippen MR) is 155 cm³/mol. The number of nitrogens with zero attached hydrogens (tertiary/aromatic N) is 6. The van der Waals surface area contributed by atoms with Gasteiger partial charge in [0.05, 0.1) is 51.0 Å². The number of ether oxygens (including phenoxy) is 2. The van der Waals surface area contributed by atoms with Gasteiger partial charge in [-0.2, -0.15) is 19.7 Å². The Kier molecular flexibility index (Phi) is 8.16. The van der Waals surface area contributed by atoms with Crippen LogP contribution in [0.3, 0.4) is 0 Å². The van der Waals surface area contributed by atoms with Crippen molar-refractivity contribution in [1.82, 2.24) is 24.7 Å². The lowest BCUT2D eigenvalue weighted by Crippen LogP contribution is -2.32. The normalized spacial score (nSPS) is 11.0. The highest BCUT2D eigenvalue weighted by atomic mass is 19.1.